The third-order valence-electron chi connectivity index (χ3n) is 3.66. The molecule has 0 aromatic heterocycles. The minimum absolute atomic E-state index is 1.15. The van der Waals surface area contributed by atoms with Gasteiger partial charge in [0.1, 0.15) is 0 Å². The van der Waals surface area contributed by atoms with E-state index in [1.54, 1.807) is 0 Å². The van der Waals surface area contributed by atoms with Crippen LogP contribution < -0.4 is 5.32 Å². The molecular formula is C15H26N2Si. The zero-order valence-corrected chi connectivity index (χ0v) is 13.0. The third kappa shape index (κ3) is 4.23. The Morgan fingerprint density at radius 3 is 2.33 bits per heavy atom. The fourth-order valence-corrected chi connectivity index (χ4v) is 5.77. The molecule has 1 aliphatic heterocycles. The standard InChI is InChI=1S/C15H26N2Si/c1-14-4-6-15(7-5-14)12-18(2,3)13-17-10-8-16-9-11-17/h4-7,16H,8-13H2,1-3H3. The fraction of sp³-hybridized carbons (Fsp3) is 0.600. The van der Waals surface area contributed by atoms with Crippen molar-refractivity contribution in [1.82, 2.24) is 10.2 Å². The molecule has 0 aliphatic carbocycles. The minimum atomic E-state index is -1.15. The molecule has 0 saturated carbocycles. The maximum atomic E-state index is 3.43. The molecule has 18 heavy (non-hydrogen) atoms. The maximum Gasteiger partial charge on any atom is 0.0672 e. The van der Waals surface area contributed by atoms with Gasteiger partial charge in [-0.2, -0.15) is 0 Å². The van der Waals surface area contributed by atoms with E-state index in [-0.39, 0.29) is 0 Å². The Bertz CT molecular complexity index is 367. The SMILES string of the molecule is Cc1ccc(C[Si](C)(C)CN2CCNCC2)cc1. The highest BCUT2D eigenvalue weighted by Gasteiger charge is 2.25. The Morgan fingerprint density at radius 2 is 1.72 bits per heavy atom. The number of nitrogens with one attached hydrogen (secondary N) is 1. The predicted molar refractivity (Wildman–Crippen MR) is 81.7 cm³/mol. The van der Waals surface area contributed by atoms with Crippen molar-refractivity contribution < 1.29 is 0 Å². The van der Waals surface area contributed by atoms with Gasteiger partial charge in [-0.1, -0.05) is 48.5 Å². The zero-order valence-electron chi connectivity index (χ0n) is 12.0. The zero-order chi connectivity index (χ0) is 13.0. The molecule has 0 atom stereocenters. The van der Waals surface area contributed by atoms with Gasteiger partial charge in [0.25, 0.3) is 0 Å². The first-order valence-electron chi connectivity index (χ1n) is 7.04. The molecule has 0 amide bonds. The topological polar surface area (TPSA) is 15.3 Å². The monoisotopic (exact) mass is 262 g/mol. The van der Waals surface area contributed by atoms with Gasteiger partial charge in [0.05, 0.1) is 8.07 Å². The molecule has 1 heterocycles. The van der Waals surface area contributed by atoms with E-state index < -0.39 is 8.07 Å². The second-order valence-corrected chi connectivity index (χ2v) is 11.4. The Hall–Kier alpha value is -0.643. The number of hydrogen-bond acceptors (Lipinski definition) is 2. The van der Waals surface area contributed by atoms with Crippen LogP contribution in [-0.4, -0.2) is 45.3 Å². The summed E-state index contributed by atoms with van der Waals surface area (Å²) in [5, 5.41) is 3.43. The lowest BCUT2D eigenvalue weighted by atomic mass is 10.2. The largest absolute Gasteiger partial charge is 0.314 e. The summed E-state index contributed by atoms with van der Waals surface area (Å²) in [6.07, 6.45) is 1.34. The molecule has 100 valence electrons. The van der Waals surface area contributed by atoms with Crippen LogP contribution in [0.3, 0.4) is 0 Å². The van der Waals surface area contributed by atoms with Gasteiger partial charge in [-0.3, -0.25) is 0 Å². The number of hydrogen-bond donors (Lipinski definition) is 1. The number of piperazine rings is 1. The van der Waals surface area contributed by atoms with E-state index >= 15 is 0 Å². The summed E-state index contributed by atoms with van der Waals surface area (Å²) in [4.78, 5) is 2.65. The van der Waals surface area contributed by atoms with Crippen molar-refractivity contribution in [2.45, 2.75) is 26.1 Å². The number of nitrogens with zero attached hydrogens (tertiary/aromatic N) is 1. The van der Waals surface area contributed by atoms with E-state index in [1.807, 2.05) is 0 Å². The van der Waals surface area contributed by atoms with Crippen molar-refractivity contribution >= 4 is 8.07 Å². The summed E-state index contributed by atoms with van der Waals surface area (Å²) in [5.74, 6) is 0. The van der Waals surface area contributed by atoms with Gasteiger partial charge in [0.15, 0.2) is 0 Å². The molecule has 3 heteroatoms. The molecular weight excluding hydrogens is 236 g/mol. The van der Waals surface area contributed by atoms with Crippen molar-refractivity contribution in [2.75, 3.05) is 32.3 Å². The molecule has 2 rings (SSSR count). The predicted octanol–water partition coefficient (Wildman–Crippen LogP) is 2.23. The van der Waals surface area contributed by atoms with Crippen molar-refractivity contribution in [2.24, 2.45) is 0 Å². The first-order chi connectivity index (χ1) is 8.55. The summed E-state index contributed by atoms with van der Waals surface area (Å²) in [7, 11) is -1.15. The first-order valence-corrected chi connectivity index (χ1v) is 10.5. The quantitative estimate of drug-likeness (QED) is 0.837. The van der Waals surface area contributed by atoms with E-state index in [0.717, 1.165) is 13.1 Å². The van der Waals surface area contributed by atoms with Crippen LogP contribution in [-0.2, 0) is 6.04 Å². The molecule has 0 unspecified atom stereocenters. The maximum absolute atomic E-state index is 3.43. The molecule has 1 aromatic rings. The second-order valence-electron chi connectivity index (χ2n) is 6.35. The van der Waals surface area contributed by atoms with E-state index in [0.29, 0.717) is 0 Å². The Kier molecular flexibility index (Phi) is 4.59. The van der Waals surface area contributed by atoms with Crippen molar-refractivity contribution in [1.29, 1.82) is 0 Å². The smallest absolute Gasteiger partial charge is 0.0672 e. The average molecular weight is 262 g/mol. The van der Waals surface area contributed by atoms with Gasteiger partial charge in [0.2, 0.25) is 0 Å². The Morgan fingerprint density at radius 1 is 1.11 bits per heavy atom. The van der Waals surface area contributed by atoms with Gasteiger partial charge in [-0.25, -0.2) is 0 Å². The van der Waals surface area contributed by atoms with E-state index in [4.69, 9.17) is 0 Å². The van der Waals surface area contributed by atoms with Crippen LogP contribution in [0, 0.1) is 6.92 Å². The van der Waals surface area contributed by atoms with Crippen LogP contribution in [0.4, 0.5) is 0 Å². The fourth-order valence-electron chi connectivity index (χ4n) is 2.79. The molecule has 1 saturated heterocycles. The van der Waals surface area contributed by atoms with Crippen molar-refractivity contribution in [3.8, 4) is 0 Å². The van der Waals surface area contributed by atoms with Crippen LogP contribution in [0.25, 0.3) is 0 Å². The van der Waals surface area contributed by atoms with E-state index in [2.05, 4.69) is 54.5 Å². The molecule has 0 bridgehead atoms. The van der Waals surface area contributed by atoms with Gasteiger partial charge < -0.3 is 10.2 Å². The minimum Gasteiger partial charge on any atom is -0.314 e. The van der Waals surface area contributed by atoms with Crippen LogP contribution in [0.15, 0.2) is 24.3 Å². The second kappa shape index (κ2) is 6.00. The summed E-state index contributed by atoms with van der Waals surface area (Å²) in [5.41, 5.74) is 2.88. The third-order valence-corrected chi connectivity index (χ3v) is 6.33. The average Bonchev–Trinajstić information content (AvgIpc) is 2.32. The highest BCUT2D eigenvalue weighted by Crippen LogP contribution is 2.14. The van der Waals surface area contributed by atoms with Crippen molar-refractivity contribution in [3.63, 3.8) is 0 Å². The lowest BCUT2D eigenvalue weighted by Crippen LogP contribution is -2.51. The molecule has 1 aliphatic rings. The lowest BCUT2D eigenvalue weighted by molar-refractivity contribution is 0.272. The molecule has 1 aromatic carbocycles. The summed E-state index contributed by atoms with van der Waals surface area (Å²) in [6.45, 7) is 12.0. The molecule has 0 radical (unpaired) electrons. The normalized spacial score (nSPS) is 17.9. The van der Waals surface area contributed by atoms with E-state index in [1.165, 1.54) is 36.4 Å². The number of rotatable bonds is 4. The van der Waals surface area contributed by atoms with Crippen LogP contribution in [0.1, 0.15) is 11.1 Å². The number of benzene rings is 1. The Balaban J connectivity index is 1.91. The molecule has 2 nitrogen and oxygen atoms in total. The molecule has 0 spiro atoms. The summed E-state index contributed by atoms with van der Waals surface area (Å²) < 4.78 is 0. The van der Waals surface area contributed by atoms with Gasteiger partial charge in [-0.05, 0) is 19.1 Å². The van der Waals surface area contributed by atoms with Crippen LogP contribution in [0.5, 0.6) is 0 Å². The van der Waals surface area contributed by atoms with Gasteiger partial charge >= 0.3 is 0 Å². The highest BCUT2D eigenvalue weighted by atomic mass is 28.3. The number of aryl methyl sites for hydroxylation is 1. The summed E-state index contributed by atoms with van der Waals surface area (Å²) >= 11 is 0. The summed E-state index contributed by atoms with van der Waals surface area (Å²) in [6, 6.07) is 10.4. The highest BCUT2D eigenvalue weighted by molar-refractivity contribution is 6.77. The van der Waals surface area contributed by atoms with E-state index in [9.17, 15) is 0 Å². The van der Waals surface area contributed by atoms with Crippen LogP contribution in [0.2, 0.25) is 13.1 Å². The molecule has 1 fully saturated rings. The Labute approximate surface area is 112 Å². The first kappa shape index (κ1) is 13.8. The van der Waals surface area contributed by atoms with Gasteiger partial charge in [0, 0.05) is 26.2 Å². The van der Waals surface area contributed by atoms with Crippen LogP contribution >= 0.6 is 0 Å². The van der Waals surface area contributed by atoms with Gasteiger partial charge in [-0.15, -0.1) is 0 Å². The van der Waals surface area contributed by atoms with Crippen molar-refractivity contribution in [3.05, 3.63) is 35.4 Å². The molecule has 1 N–H and O–H groups in total. The lowest BCUT2D eigenvalue weighted by Gasteiger charge is -2.34.